The quantitative estimate of drug-likeness (QED) is 0.638. The van der Waals surface area contributed by atoms with Crippen molar-refractivity contribution in [3.05, 3.63) is 27.7 Å². The van der Waals surface area contributed by atoms with Gasteiger partial charge in [-0.15, -0.1) is 11.3 Å². The molecule has 8 heteroatoms. The van der Waals surface area contributed by atoms with Crippen LogP contribution in [0.5, 0.6) is 11.5 Å². The van der Waals surface area contributed by atoms with E-state index in [9.17, 15) is 9.90 Å². The van der Waals surface area contributed by atoms with Gasteiger partial charge in [-0.3, -0.25) is 0 Å². The Hall–Kier alpha value is -1.83. The van der Waals surface area contributed by atoms with Crippen LogP contribution in [-0.4, -0.2) is 54.8 Å². The zero-order valence-electron chi connectivity index (χ0n) is 15.3. The maximum absolute atomic E-state index is 11.2. The SMILES string of the molecule is CCOc1cc(-c2nc(C)c(C(=O)O)s2)cc(Cl)c1OCCCN(C)C. The van der Waals surface area contributed by atoms with Crippen molar-refractivity contribution in [3.63, 3.8) is 0 Å². The second-order valence-corrected chi connectivity index (χ2v) is 7.37. The second-order valence-electron chi connectivity index (χ2n) is 5.96. The minimum atomic E-state index is -0.983. The van der Waals surface area contributed by atoms with Gasteiger partial charge in [0.2, 0.25) is 0 Å². The van der Waals surface area contributed by atoms with Gasteiger partial charge in [0, 0.05) is 12.1 Å². The van der Waals surface area contributed by atoms with E-state index in [2.05, 4.69) is 9.88 Å². The Kier molecular flexibility index (Phi) is 7.25. The fraction of sp³-hybridized carbons (Fsp3) is 0.444. The van der Waals surface area contributed by atoms with E-state index in [0.29, 0.717) is 46.0 Å². The first-order valence-corrected chi connectivity index (χ1v) is 9.47. The highest BCUT2D eigenvalue weighted by Gasteiger charge is 2.19. The summed E-state index contributed by atoms with van der Waals surface area (Å²) in [4.78, 5) is 17.9. The van der Waals surface area contributed by atoms with E-state index in [1.807, 2.05) is 21.0 Å². The number of aromatic carboxylic acids is 1. The number of carboxylic acid groups (broad SMARTS) is 1. The Morgan fingerprint density at radius 2 is 2.08 bits per heavy atom. The number of hydrogen-bond donors (Lipinski definition) is 1. The van der Waals surface area contributed by atoms with Crippen molar-refractivity contribution in [2.24, 2.45) is 0 Å². The molecule has 2 aromatic rings. The van der Waals surface area contributed by atoms with Gasteiger partial charge in [0.1, 0.15) is 9.88 Å². The monoisotopic (exact) mass is 398 g/mol. The van der Waals surface area contributed by atoms with Crippen LogP contribution in [0.2, 0.25) is 5.02 Å². The average Bonchev–Trinajstić information content (AvgIpc) is 2.95. The van der Waals surface area contributed by atoms with Crippen LogP contribution < -0.4 is 9.47 Å². The summed E-state index contributed by atoms with van der Waals surface area (Å²) in [7, 11) is 4.02. The molecule has 0 aliphatic heterocycles. The van der Waals surface area contributed by atoms with Crippen molar-refractivity contribution < 1.29 is 19.4 Å². The van der Waals surface area contributed by atoms with Gasteiger partial charge in [-0.25, -0.2) is 9.78 Å². The van der Waals surface area contributed by atoms with Crippen LogP contribution in [0.1, 0.15) is 28.7 Å². The standard InChI is InChI=1S/C18H23ClN2O4S/c1-5-24-14-10-12(17-20-11(2)16(26-17)18(22)23)9-13(19)15(14)25-8-6-7-21(3)4/h9-10H,5-8H2,1-4H3,(H,22,23). The first-order valence-electron chi connectivity index (χ1n) is 8.28. The zero-order valence-corrected chi connectivity index (χ0v) is 16.9. The Bertz CT molecular complexity index is 777. The summed E-state index contributed by atoms with van der Waals surface area (Å²) in [5.74, 6) is 0.0514. The highest BCUT2D eigenvalue weighted by Crippen LogP contribution is 2.41. The lowest BCUT2D eigenvalue weighted by atomic mass is 10.2. The zero-order chi connectivity index (χ0) is 19.3. The number of thiazole rings is 1. The summed E-state index contributed by atoms with van der Waals surface area (Å²) < 4.78 is 11.5. The number of hydrogen-bond acceptors (Lipinski definition) is 6. The van der Waals surface area contributed by atoms with Crippen molar-refractivity contribution in [1.29, 1.82) is 0 Å². The molecule has 0 radical (unpaired) electrons. The maximum Gasteiger partial charge on any atom is 0.347 e. The fourth-order valence-corrected chi connectivity index (χ4v) is 3.53. The molecule has 1 heterocycles. The number of halogens is 1. The Morgan fingerprint density at radius 3 is 2.65 bits per heavy atom. The number of carbonyl (C=O) groups is 1. The molecule has 0 unspecified atom stereocenters. The molecule has 0 bridgehead atoms. The molecule has 1 aromatic heterocycles. The maximum atomic E-state index is 11.2. The van der Waals surface area contributed by atoms with E-state index in [1.165, 1.54) is 0 Å². The van der Waals surface area contributed by atoms with Gasteiger partial charge in [-0.2, -0.15) is 0 Å². The van der Waals surface area contributed by atoms with E-state index in [1.54, 1.807) is 19.1 Å². The molecule has 0 fully saturated rings. The molecule has 0 saturated heterocycles. The molecule has 0 saturated carbocycles. The molecule has 6 nitrogen and oxygen atoms in total. The fourth-order valence-electron chi connectivity index (χ4n) is 2.37. The molecule has 26 heavy (non-hydrogen) atoms. The first kappa shape index (κ1) is 20.5. The largest absolute Gasteiger partial charge is 0.490 e. The van der Waals surface area contributed by atoms with E-state index in [4.69, 9.17) is 21.1 Å². The van der Waals surface area contributed by atoms with Gasteiger partial charge in [0.05, 0.1) is 23.9 Å². The number of carboxylic acids is 1. The third-order valence-corrected chi connectivity index (χ3v) is 5.02. The molecule has 0 aliphatic carbocycles. The van der Waals surface area contributed by atoms with Crippen LogP contribution in [0.15, 0.2) is 12.1 Å². The van der Waals surface area contributed by atoms with Gasteiger partial charge in [0.15, 0.2) is 11.5 Å². The van der Waals surface area contributed by atoms with Crippen molar-refractivity contribution >= 4 is 28.9 Å². The van der Waals surface area contributed by atoms with Crippen LogP contribution in [0.25, 0.3) is 10.6 Å². The Balaban J connectivity index is 2.30. The Morgan fingerprint density at radius 1 is 1.35 bits per heavy atom. The number of ether oxygens (including phenoxy) is 2. The highest BCUT2D eigenvalue weighted by molar-refractivity contribution is 7.17. The molecule has 1 N–H and O–H groups in total. The van der Waals surface area contributed by atoms with Crippen LogP contribution in [0.4, 0.5) is 0 Å². The first-order chi connectivity index (χ1) is 12.3. The number of nitrogens with zero attached hydrogens (tertiary/aromatic N) is 2. The lowest BCUT2D eigenvalue weighted by Gasteiger charge is -2.15. The summed E-state index contributed by atoms with van der Waals surface area (Å²) in [5, 5.41) is 10.2. The summed E-state index contributed by atoms with van der Waals surface area (Å²) in [6, 6.07) is 3.52. The van der Waals surface area contributed by atoms with Crippen molar-refractivity contribution in [2.75, 3.05) is 33.9 Å². The molecule has 2 rings (SSSR count). The normalized spacial score (nSPS) is 11.0. The summed E-state index contributed by atoms with van der Waals surface area (Å²) in [5.41, 5.74) is 1.19. The molecule has 142 valence electrons. The predicted octanol–water partition coefficient (Wildman–Crippen LogP) is 4.20. The van der Waals surface area contributed by atoms with E-state index in [0.717, 1.165) is 24.3 Å². The van der Waals surface area contributed by atoms with Crippen LogP contribution >= 0.6 is 22.9 Å². The number of aromatic nitrogens is 1. The van der Waals surface area contributed by atoms with Gasteiger partial charge in [-0.05, 0) is 46.5 Å². The lowest BCUT2D eigenvalue weighted by molar-refractivity contribution is 0.0701. The molecule has 0 aliphatic rings. The van der Waals surface area contributed by atoms with Crippen LogP contribution in [-0.2, 0) is 0 Å². The van der Waals surface area contributed by atoms with Crippen molar-refractivity contribution in [3.8, 4) is 22.1 Å². The molecule has 0 amide bonds. The predicted molar refractivity (Wildman–Crippen MR) is 104 cm³/mol. The molecular weight excluding hydrogens is 376 g/mol. The smallest absolute Gasteiger partial charge is 0.347 e. The van der Waals surface area contributed by atoms with Gasteiger partial charge < -0.3 is 19.5 Å². The number of rotatable bonds is 9. The third-order valence-electron chi connectivity index (χ3n) is 3.54. The van der Waals surface area contributed by atoms with Crippen molar-refractivity contribution in [2.45, 2.75) is 20.3 Å². The molecule has 1 aromatic carbocycles. The van der Waals surface area contributed by atoms with Crippen LogP contribution in [0.3, 0.4) is 0 Å². The summed E-state index contributed by atoms with van der Waals surface area (Å²) >= 11 is 7.53. The summed E-state index contributed by atoms with van der Waals surface area (Å²) in [6.45, 7) is 5.46. The van der Waals surface area contributed by atoms with E-state index in [-0.39, 0.29) is 4.88 Å². The Labute approximate surface area is 162 Å². The number of aryl methyl sites for hydroxylation is 1. The average molecular weight is 399 g/mol. The van der Waals surface area contributed by atoms with E-state index < -0.39 is 5.97 Å². The minimum Gasteiger partial charge on any atom is -0.490 e. The molecule has 0 atom stereocenters. The van der Waals surface area contributed by atoms with Gasteiger partial charge >= 0.3 is 5.97 Å². The third kappa shape index (κ3) is 5.09. The minimum absolute atomic E-state index is 0.220. The van der Waals surface area contributed by atoms with Gasteiger partial charge in [-0.1, -0.05) is 11.6 Å². The molecular formula is C18H23ClN2O4S. The number of benzene rings is 1. The summed E-state index contributed by atoms with van der Waals surface area (Å²) in [6.07, 6.45) is 0.865. The molecule has 0 spiro atoms. The topological polar surface area (TPSA) is 71.9 Å². The lowest BCUT2D eigenvalue weighted by Crippen LogP contribution is -2.15. The second kappa shape index (κ2) is 9.21. The highest BCUT2D eigenvalue weighted by atomic mass is 35.5. The van der Waals surface area contributed by atoms with E-state index >= 15 is 0 Å². The van der Waals surface area contributed by atoms with Crippen molar-refractivity contribution in [1.82, 2.24) is 9.88 Å². The van der Waals surface area contributed by atoms with Gasteiger partial charge in [0.25, 0.3) is 0 Å². The van der Waals surface area contributed by atoms with Crippen LogP contribution in [0, 0.1) is 6.92 Å².